The quantitative estimate of drug-likeness (QED) is 0.584. The number of alkyl halides is 1. The van der Waals surface area contributed by atoms with Crippen molar-refractivity contribution in [2.45, 2.75) is 26.0 Å². The van der Waals surface area contributed by atoms with Gasteiger partial charge < -0.3 is 10.4 Å². The van der Waals surface area contributed by atoms with Gasteiger partial charge in [0.1, 0.15) is 6.10 Å². The summed E-state index contributed by atoms with van der Waals surface area (Å²) in [7, 11) is 0. The third kappa shape index (κ3) is 3.69. The van der Waals surface area contributed by atoms with Crippen molar-refractivity contribution < 1.29 is 9.90 Å². The molecule has 0 fully saturated rings. The van der Waals surface area contributed by atoms with Crippen LogP contribution in [0.15, 0.2) is 0 Å². The van der Waals surface area contributed by atoms with Crippen molar-refractivity contribution in [2.24, 2.45) is 0 Å². The monoisotopic (exact) mass is 165 g/mol. The molecule has 1 unspecified atom stereocenters. The van der Waals surface area contributed by atoms with E-state index in [1.807, 2.05) is 13.8 Å². The molecule has 0 aromatic carbocycles. The van der Waals surface area contributed by atoms with E-state index < -0.39 is 12.0 Å². The van der Waals surface area contributed by atoms with Gasteiger partial charge in [-0.15, -0.1) is 11.6 Å². The number of hydrogen-bond donors (Lipinski definition) is 2. The fourth-order valence-electron chi connectivity index (χ4n) is 0.451. The van der Waals surface area contributed by atoms with Crippen LogP contribution in [0.1, 0.15) is 13.8 Å². The minimum Gasteiger partial charge on any atom is -0.382 e. The predicted molar refractivity (Wildman–Crippen MR) is 40.0 cm³/mol. The lowest BCUT2D eigenvalue weighted by molar-refractivity contribution is -0.128. The van der Waals surface area contributed by atoms with Crippen LogP contribution in [0.5, 0.6) is 0 Å². The molecule has 0 aliphatic rings. The number of aliphatic hydroxyl groups is 1. The molecule has 1 amide bonds. The maximum atomic E-state index is 10.7. The Hall–Kier alpha value is -0.280. The molecule has 4 heteroatoms. The third-order valence-electron chi connectivity index (χ3n) is 0.880. The molecule has 0 rings (SSSR count). The van der Waals surface area contributed by atoms with Gasteiger partial charge in [0.2, 0.25) is 5.91 Å². The number of aliphatic hydroxyl groups excluding tert-OH is 1. The fourth-order valence-corrected chi connectivity index (χ4v) is 0.591. The SMILES string of the molecule is CC(C)NC(=O)C(O)CCl. The summed E-state index contributed by atoms with van der Waals surface area (Å²) in [5, 5.41) is 11.4. The molecule has 2 N–H and O–H groups in total. The van der Waals surface area contributed by atoms with E-state index in [0.29, 0.717) is 0 Å². The smallest absolute Gasteiger partial charge is 0.250 e. The standard InChI is InChI=1S/C6H12ClNO2/c1-4(2)8-6(10)5(9)3-7/h4-5,9H,3H2,1-2H3,(H,8,10). The molecule has 0 spiro atoms. The summed E-state index contributed by atoms with van der Waals surface area (Å²) in [4.78, 5) is 10.7. The van der Waals surface area contributed by atoms with E-state index in [4.69, 9.17) is 16.7 Å². The second-order valence-electron chi connectivity index (χ2n) is 2.33. The van der Waals surface area contributed by atoms with Crippen LogP contribution >= 0.6 is 11.6 Å². The van der Waals surface area contributed by atoms with Gasteiger partial charge in [0.15, 0.2) is 0 Å². The van der Waals surface area contributed by atoms with E-state index >= 15 is 0 Å². The number of halogens is 1. The van der Waals surface area contributed by atoms with Crippen molar-refractivity contribution in [1.29, 1.82) is 0 Å². The van der Waals surface area contributed by atoms with Crippen LogP contribution in [0, 0.1) is 0 Å². The Kier molecular flexibility index (Phi) is 4.40. The Balaban J connectivity index is 3.62. The summed E-state index contributed by atoms with van der Waals surface area (Å²) in [5.41, 5.74) is 0. The van der Waals surface area contributed by atoms with Gasteiger partial charge in [-0.3, -0.25) is 4.79 Å². The Morgan fingerprint density at radius 3 is 2.50 bits per heavy atom. The second-order valence-corrected chi connectivity index (χ2v) is 2.64. The van der Waals surface area contributed by atoms with Gasteiger partial charge in [-0.1, -0.05) is 0 Å². The normalized spacial score (nSPS) is 13.3. The molecule has 0 radical (unpaired) electrons. The van der Waals surface area contributed by atoms with Crippen LogP contribution in [0.4, 0.5) is 0 Å². The van der Waals surface area contributed by atoms with Crippen LogP contribution in [-0.2, 0) is 4.79 Å². The highest BCUT2D eigenvalue weighted by Crippen LogP contribution is 1.88. The lowest BCUT2D eigenvalue weighted by Crippen LogP contribution is -2.39. The van der Waals surface area contributed by atoms with Crippen LogP contribution in [0.2, 0.25) is 0 Å². The van der Waals surface area contributed by atoms with E-state index in [1.165, 1.54) is 0 Å². The van der Waals surface area contributed by atoms with Crippen LogP contribution in [0.25, 0.3) is 0 Å². The molecular weight excluding hydrogens is 154 g/mol. The Morgan fingerprint density at radius 2 is 2.20 bits per heavy atom. The maximum Gasteiger partial charge on any atom is 0.250 e. The molecule has 0 aromatic rings. The molecule has 0 bridgehead atoms. The molecule has 0 aromatic heterocycles. The van der Waals surface area contributed by atoms with Gasteiger partial charge in [0.05, 0.1) is 5.88 Å². The highest BCUT2D eigenvalue weighted by molar-refractivity contribution is 6.19. The fraction of sp³-hybridized carbons (Fsp3) is 0.833. The highest BCUT2D eigenvalue weighted by atomic mass is 35.5. The summed E-state index contributed by atoms with van der Waals surface area (Å²) in [5.74, 6) is -0.469. The van der Waals surface area contributed by atoms with Crippen molar-refractivity contribution in [2.75, 3.05) is 5.88 Å². The van der Waals surface area contributed by atoms with E-state index in [1.54, 1.807) is 0 Å². The minimum atomic E-state index is -1.08. The van der Waals surface area contributed by atoms with E-state index in [9.17, 15) is 4.79 Å². The Morgan fingerprint density at radius 1 is 1.70 bits per heavy atom. The molecule has 0 saturated heterocycles. The summed E-state index contributed by atoms with van der Waals surface area (Å²) in [6, 6.07) is 0.0466. The number of rotatable bonds is 3. The van der Waals surface area contributed by atoms with Crippen molar-refractivity contribution in [3.05, 3.63) is 0 Å². The average Bonchev–Trinajstić information content (AvgIpc) is 1.85. The number of carbonyl (C=O) groups excluding carboxylic acids is 1. The first-order valence-corrected chi connectivity index (χ1v) is 3.65. The van der Waals surface area contributed by atoms with Gasteiger partial charge >= 0.3 is 0 Å². The summed E-state index contributed by atoms with van der Waals surface area (Å²) < 4.78 is 0. The molecule has 0 heterocycles. The number of amides is 1. The summed E-state index contributed by atoms with van der Waals surface area (Å²) in [6.07, 6.45) is -1.08. The summed E-state index contributed by atoms with van der Waals surface area (Å²) in [6.45, 7) is 3.64. The Bertz CT molecular complexity index is 116. The zero-order valence-corrected chi connectivity index (χ0v) is 6.85. The summed E-state index contributed by atoms with van der Waals surface area (Å²) >= 11 is 5.22. The van der Waals surface area contributed by atoms with Gasteiger partial charge in [-0.2, -0.15) is 0 Å². The van der Waals surface area contributed by atoms with Crippen LogP contribution in [-0.4, -0.2) is 29.0 Å². The third-order valence-corrected chi connectivity index (χ3v) is 1.17. The van der Waals surface area contributed by atoms with Crippen LogP contribution in [0.3, 0.4) is 0 Å². The lowest BCUT2D eigenvalue weighted by atomic mass is 10.3. The second kappa shape index (κ2) is 4.52. The topological polar surface area (TPSA) is 49.3 Å². The molecule has 0 aliphatic heterocycles. The molecule has 10 heavy (non-hydrogen) atoms. The minimum absolute atomic E-state index is 0.0466. The molecular formula is C6H12ClNO2. The van der Waals surface area contributed by atoms with E-state index in [0.717, 1.165) is 0 Å². The largest absolute Gasteiger partial charge is 0.382 e. The number of nitrogens with one attached hydrogen (secondary N) is 1. The average molecular weight is 166 g/mol. The lowest BCUT2D eigenvalue weighted by Gasteiger charge is -2.10. The van der Waals surface area contributed by atoms with Crippen molar-refractivity contribution in [1.82, 2.24) is 5.32 Å². The zero-order chi connectivity index (χ0) is 8.15. The molecule has 60 valence electrons. The maximum absolute atomic E-state index is 10.7. The van der Waals surface area contributed by atoms with Crippen molar-refractivity contribution >= 4 is 17.5 Å². The predicted octanol–water partition coefficient (Wildman–Crippen LogP) is 0.111. The van der Waals surface area contributed by atoms with Gasteiger partial charge in [-0.25, -0.2) is 0 Å². The first-order valence-electron chi connectivity index (χ1n) is 3.12. The molecule has 0 saturated carbocycles. The van der Waals surface area contributed by atoms with Gasteiger partial charge in [-0.05, 0) is 13.8 Å². The molecule has 3 nitrogen and oxygen atoms in total. The highest BCUT2D eigenvalue weighted by Gasteiger charge is 2.13. The van der Waals surface area contributed by atoms with Crippen molar-refractivity contribution in [3.63, 3.8) is 0 Å². The van der Waals surface area contributed by atoms with Crippen molar-refractivity contribution in [3.8, 4) is 0 Å². The first-order chi connectivity index (χ1) is 4.57. The first kappa shape index (κ1) is 9.72. The molecule has 1 atom stereocenters. The van der Waals surface area contributed by atoms with E-state index in [2.05, 4.69) is 5.32 Å². The zero-order valence-electron chi connectivity index (χ0n) is 6.10. The number of carbonyl (C=O) groups is 1. The van der Waals surface area contributed by atoms with Gasteiger partial charge in [0.25, 0.3) is 0 Å². The van der Waals surface area contributed by atoms with E-state index in [-0.39, 0.29) is 11.9 Å². The molecule has 0 aliphatic carbocycles. The number of hydrogen-bond acceptors (Lipinski definition) is 2. The van der Waals surface area contributed by atoms with Crippen LogP contribution < -0.4 is 5.32 Å². The Labute approximate surface area is 65.4 Å². The van der Waals surface area contributed by atoms with Gasteiger partial charge in [0, 0.05) is 6.04 Å².